The molecule has 0 aliphatic rings. The Kier molecular flexibility index (Phi) is 9.33. The van der Waals surface area contributed by atoms with E-state index in [1.165, 1.54) is 0 Å². The van der Waals surface area contributed by atoms with Gasteiger partial charge in [0.25, 0.3) is 0 Å². The Balaban J connectivity index is 0. The van der Waals surface area contributed by atoms with Gasteiger partial charge in [0.05, 0.1) is 0 Å². The van der Waals surface area contributed by atoms with Gasteiger partial charge in [-0.05, 0) is 13.8 Å². The highest BCUT2D eigenvalue weighted by molar-refractivity contribution is 5.85. The van der Waals surface area contributed by atoms with E-state index in [9.17, 15) is 0 Å². The summed E-state index contributed by atoms with van der Waals surface area (Å²) in [5.41, 5.74) is 0. The summed E-state index contributed by atoms with van der Waals surface area (Å²) in [5.74, 6) is 0. The second-order valence-electron chi connectivity index (χ2n) is 1.92. The number of hydrogen-bond acceptors (Lipinski definition) is 3. The van der Waals surface area contributed by atoms with E-state index < -0.39 is 0 Å². The van der Waals surface area contributed by atoms with Gasteiger partial charge in [-0.2, -0.15) is 0 Å². The maximum atomic E-state index is 4.93. The van der Waals surface area contributed by atoms with E-state index in [2.05, 4.69) is 5.32 Å². The molecule has 0 spiro atoms. The van der Waals surface area contributed by atoms with Crippen LogP contribution in [0.25, 0.3) is 0 Å². The molecule has 2 atom stereocenters. The Morgan fingerprint density at radius 3 is 1.50 bits per heavy atom. The Morgan fingerprint density at radius 2 is 1.30 bits per heavy atom. The SMILES string of the molecule is COC(C)NC(C)OC.Cl. The minimum Gasteiger partial charge on any atom is -0.367 e. The van der Waals surface area contributed by atoms with Gasteiger partial charge in [0, 0.05) is 14.2 Å². The molecular formula is C6H16ClNO2. The zero-order valence-corrected chi connectivity index (χ0v) is 7.70. The molecule has 0 heterocycles. The minimum absolute atomic E-state index is 0. The number of halogens is 1. The van der Waals surface area contributed by atoms with Crippen LogP contribution >= 0.6 is 12.4 Å². The zero-order valence-electron chi connectivity index (χ0n) is 6.88. The molecule has 0 rings (SSSR count). The molecule has 10 heavy (non-hydrogen) atoms. The topological polar surface area (TPSA) is 30.5 Å². The van der Waals surface area contributed by atoms with Gasteiger partial charge in [-0.3, -0.25) is 5.32 Å². The molecule has 0 aliphatic carbocycles. The highest BCUT2D eigenvalue weighted by Crippen LogP contribution is 1.86. The average molecular weight is 170 g/mol. The van der Waals surface area contributed by atoms with E-state index >= 15 is 0 Å². The first kappa shape index (κ1) is 12.8. The molecule has 0 fully saturated rings. The normalized spacial score (nSPS) is 15.6. The van der Waals surface area contributed by atoms with Gasteiger partial charge in [-0.1, -0.05) is 0 Å². The van der Waals surface area contributed by atoms with Gasteiger partial charge in [0.15, 0.2) is 0 Å². The maximum absolute atomic E-state index is 4.93. The lowest BCUT2D eigenvalue weighted by molar-refractivity contribution is 0.00787. The highest BCUT2D eigenvalue weighted by atomic mass is 35.5. The molecule has 3 nitrogen and oxygen atoms in total. The van der Waals surface area contributed by atoms with Gasteiger partial charge in [-0.25, -0.2) is 0 Å². The van der Waals surface area contributed by atoms with Gasteiger partial charge >= 0.3 is 0 Å². The van der Waals surface area contributed by atoms with Crippen LogP contribution in [0.2, 0.25) is 0 Å². The van der Waals surface area contributed by atoms with Crippen molar-refractivity contribution in [2.75, 3.05) is 14.2 Å². The number of methoxy groups -OCH3 is 2. The Hall–Kier alpha value is 0.170. The number of rotatable bonds is 4. The number of hydrogen-bond donors (Lipinski definition) is 1. The predicted octanol–water partition coefficient (Wildman–Crippen LogP) is 0.983. The standard InChI is InChI=1S/C6H15NO2.ClH/c1-5(8-3)7-6(2)9-4;/h5-7H,1-4H3;1H. The third kappa shape index (κ3) is 6.29. The van der Waals surface area contributed by atoms with Crippen LogP contribution < -0.4 is 5.32 Å². The van der Waals surface area contributed by atoms with Crippen LogP contribution in [0.1, 0.15) is 13.8 Å². The lowest BCUT2D eigenvalue weighted by atomic mass is 10.5. The van der Waals surface area contributed by atoms with Gasteiger partial charge in [0.2, 0.25) is 0 Å². The molecule has 2 unspecified atom stereocenters. The lowest BCUT2D eigenvalue weighted by Gasteiger charge is -2.16. The van der Waals surface area contributed by atoms with E-state index in [4.69, 9.17) is 9.47 Å². The number of nitrogens with one attached hydrogen (secondary N) is 1. The van der Waals surface area contributed by atoms with Crippen molar-refractivity contribution in [3.63, 3.8) is 0 Å². The smallest absolute Gasteiger partial charge is 0.106 e. The lowest BCUT2D eigenvalue weighted by Crippen LogP contribution is -2.36. The first-order valence-corrected chi connectivity index (χ1v) is 3.02. The minimum atomic E-state index is 0. The van der Waals surface area contributed by atoms with E-state index in [1.807, 2.05) is 13.8 Å². The molecule has 0 aromatic heterocycles. The van der Waals surface area contributed by atoms with Crippen molar-refractivity contribution in [1.29, 1.82) is 0 Å². The van der Waals surface area contributed by atoms with Crippen molar-refractivity contribution in [3.8, 4) is 0 Å². The fourth-order valence-corrected chi connectivity index (χ4v) is 0.467. The largest absolute Gasteiger partial charge is 0.367 e. The molecular weight excluding hydrogens is 154 g/mol. The summed E-state index contributed by atoms with van der Waals surface area (Å²) in [5, 5.41) is 3.03. The fraction of sp³-hybridized carbons (Fsp3) is 1.00. The Labute approximate surface area is 68.5 Å². The second-order valence-corrected chi connectivity index (χ2v) is 1.92. The zero-order chi connectivity index (χ0) is 7.28. The third-order valence-corrected chi connectivity index (χ3v) is 1.18. The van der Waals surface area contributed by atoms with E-state index in [0.29, 0.717) is 0 Å². The quantitative estimate of drug-likeness (QED) is 0.637. The van der Waals surface area contributed by atoms with E-state index in [-0.39, 0.29) is 24.9 Å². The summed E-state index contributed by atoms with van der Waals surface area (Å²) in [6.07, 6.45) is 0.111. The van der Waals surface area contributed by atoms with Crippen molar-refractivity contribution in [2.45, 2.75) is 26.3 Å². The highest BCUT2D eigenvalue weighted by Gasteiger charge is 2.01. The second kappa shape index (κ2) is 7.28. The average Bonchev–Trinajstić information content (AvgIpc) is 1.87. The van der Waals surface area contributed by atoms with E-state index in [0.717, 1.165) is 0 Å². The summed E-state index contributed by atoms with van der Waals surface area (Å²) in [6, 6.07) is 0. The number of ether oxygens (including phenoxy) is 2. The summed E-state index contributed by atoms with van der Waals surface area (Å²) in [6.45, 7) is 3.85. The summed E-state index contributed by atoms with van der Waals surface area (Å²) >= 11 is 0. The molecule has 0 bridgehead atoms. The molecule has 1 N–H and O–H groups in total. The summed E-state index contributed by atoms with van der Waals surface area (Å²) in [7, 11) is 3.31. The van der Waals surface area contributed by atoms with Crippen molar-refractivity contribution in [1.82, 2.24) is 5.32 Å². The molecule has 4 heteroatoms. The molecule has 0 aromatic rings. The Bertz CT molecular complexity index is 64.8. The maximum Gasteiger partial charge on any atom is 0.106 e. The molecule has 64 valence electrons. The third-order valence-electron chi connectivity index (χ3n) is 1.18. The molecule has 0 amide bonds. The van der Waals surface area contributed by atoms with Crippen LogP contribution in [-0.4, -0.2) is 26.7 Å². The van der Waals surface area contributed by atoms with Gasteiger partial charge < -0.3 is 9.47 Å². The summed E-state index contributed by atoms with van der Waals surface area (Å²) < 4.78 is 9.86. The van der Waals surface area contributed by atoms with Crippen LogP contribution in [0, 0.1) is 0 Å². The van der Waals surface area contributed by atoms with Crippen LogP contribution in [0.3, 0.4) is 0 Å². The first-order valence-electron chi connectivity index (χ1n) is 3.02. The molecule has 0 aliphatic heterocycles. The molecule has 0 radical (unpaired) electrons. The van der Waals surface area contributed by atoms with Crippen molar-refractivity contribution >= 4 is 12.4 Å². The van der Waals surface area contributed by atoms with Crippen LogP contribution in [-0.2, 0) is 9.47 Å². The molecule has 0 saturated carbocycles. The predicted molar refractivity (Wildman–Crippen MR) is 43.3 cm³/mol. The fourth-order valence-electron chi connectivity index (χ4n) is 0.467. The van der Waals surface area contributed by atoms with Gasteiger partial charge in [0.1, 0.15) is 12.5 Å². The van der Waals surface area contributed by atoms with Crippen LogP contribution in [0.4, 0.5) is 0 Å². The Morgan fingerprint density at radius 1 is 1.00 bits per heavy atom. The monoisotopic (exact) mass is 169 g/mol. The van der Waals surface area contributed by atoms with Crippen molar-refractivity contribution in [2.24, 2.45) is 0 Å². The van der Waals surface area contributed by atoms with Crippen molar-refractivity contribution < 1.29 is 9.47 Å². The molecule has 0 saturated heterocycles. The van der Waals surface area contributed by atoms with Gasteiger partial charge in [-0.15, -0.1) is 12.4 Å². The van der Waals surface area contributed by atoms with Crippen molar-refractivity contribution in [3.05, 3.63) is 0 Å². The molecule has 0 aromatic carbocycles. The van der Waals surface area contributed by atoms with Crippen LogP contribution in [0.15, 0.2) is 0 Å². The summed E-state index contributed by atoms with van der Waals surface area (Å²) in [4.78, 5) is 0. The first-order chi connectivity index (χ1) is 4.20. The van der Waals surface area contributed by atoms with E-state index in [1.54, 1.807) is 14.2 Å². The van der Waals surface area contributed by atoms with Crippen LogP contribution in [0.5, 0.6) is 0 Å².